The van der Waals surface area contributed by atoms with E-state index in [1.807, 2.05) is 36.4 Å². The fourth-order valence-electron chi connectivity index (χ4n) is 3.84. The third-order valence-corrected chi connectivity index (χ3v) is 5.48. The van der Waals surface area contributed by atoms with Crippen LogP contribution in [-0.4, -0.2) is 43.8 Å². The van der Waals surface area contributed by atoms with Crippen LogP contribution in [0.5, 0.6) is 0 Å². The van der Waals surface area contributed by atoms with Crippen LogP contribution in [0.2, 0.25) is 0 Å². The van der Waals surface area contributed by atoms with Gasteiger partial charge in [-0.3, -0.25) is 4.79 Å². The Hall–Kier alpha value is -3.35. The highest BCUT2D eigenvalue weighted by Gasteiger charge is 2.31. The predicted molar refractivity (Wildman–Crippen MR) is 116 cm³/mol. The number of fused-ring (bicyclic) bond motifs is 3. The summed E-state index contributed by atoms with van der Waals surface area (Å²) in [5, 5.41) is 5.18. The average Bonchev–Trinajstić information content (AvgIpc) is 3.08. The van der Waals surface area contributed by atoms with Gasteiger partial charge in [0.25, 0.3) is 0 Å². The minimum Gasteiger partial charge on any atom is -0.467 e. The molecule has 0 saturated heterocycles. The van der Waals surface area contributed by atoms with Gasteiger partial charge in [-0.05, 0) is 35.1 Å². The first-order valence-electron chi connectivity index (χ1n) is 10.3. The van der Waals surface area contributed by atoms with Gasteiger partial charge in [0.15, 0.2) is 0 Å². The van der Waals surface area contributed by atoms with E-state index < -0.39 is 30.1 Å². The third kappa shape index (κ3) is 4.87. The number of amides is 2. The number of hydrogen-bond acceptors (Lipinski definition) is 5. The van der Waals surface area contributed by atoms with Gasteiger partial charge in [-0.1, -0.05) is 62.4 Å². The number of ether oxygens (including phenoxy) is 2. The van der Waals surface area contributed by atoms with Crippen molar-refractivity contribution in [2.24, 2.45) is 5.92 Å². The fraction of sp³-hybridized carbons (Fsp3) is 0.375. The summed E-state index contributed by atoms with van der Waals surface area (Å²) in [6, 6.07) is 14.5. The van der Waals surface area contributed by atoms with Crippen LogP contribution < -0.4 is 10.6 Å². The molecule has 1 aliphatic rings. The van der Waals surface area contributed by atoms with Crippen molar-refractivity contribution in [3.8, 4) is 11.1 Å². The number of alkyl carbamates (subject to hydrolysis) is 1. The first-order valence-corrected chi connectivity index (χ1v) is 10.3. The Kier molecular flexibility index (Phi) is 6.95. The zero-order valence-corrected chi connectivity index (χ0v) is 18.2. The molecule has 7 nitrogen and oxygen atoms in total. The smallest absolute Gasteiger partial charge is 0.407 e. The highest BCUT2D eigenvalue weighted by atomic mass is 16.5. The number of benzene rings is 2. The molecule has 2 atom stereocenters. The molecule has 0 aromatic heterocycles. The van der Waals surface area contributed by atoms with E-state index in [-0.39, 0.29) is 18.4 Å². The Morgan fingerprint density at radius 2 is 1.45 bits per heavy atom. The second-order valence-corrected chi connectivity index (χ2v) is 7.95. The minimum atomic E-state index is -0.845. The minimum absolute atomic E-state index is 0.0659. The molecule has 2 aromatic rings. The molecule has 0 bridgehead atoms. The Morgan fingerprint density at radius 1 is 0.903 bits per heavy atom. The molecule has 3 rings (SSSR count). The maximum absolute atomic E-state index is 12.5. The topological polar surface area (TPSA) is 93.7 Å². The summed E-state index contributed by atoms with van der Waals surface area (Å²) >= 11 is 0. The van der Waals surface area contributed by atoms with Crippen LogP contribution >= 0.6 is 0 Å². The maximum Gasteiger partial charge on any atom is 0.407 e. The Bertz CT molecular complexity index is 926. The van der Waals surface area contributed by atoms with Crippen LogP contribution in [-0.2, 0) is 19.1 Å². The third-order valence-electron chi connectivity index (χ3n) is 5.48. The Morgan fingerprint density at radius 3 is 1.97 bits per heavy atom. The molecule has 0 radical (unpaired) electrons. The Labute approximate surface area is 182 Å². The number of esters is 1. The van der Waals surface area contributed by atoms with Gasteiger partial charge in [0.1, 0.15) is 18.7 Å². The van der Waals surface area contributed by atoms with Crippen LogP contribution in [0.4, 0.5) is 4.79 Å². The van der Waals surface area contributed by atoms with Crippen molar-refractivity contribution < 1.29 is 23.9 Å². The van der Waals surface area contributed by atoms with Crippen molar-refractivity contribution in [2.45, 2.75) is 38.8 Å². The zero-order chi connectivity index (χ0) is 22.5. The first kappa shape index (κ1) is 22.3. The van der Waals surface area contributed by atoms with Gasteiger partial charge < -0.3 is 20.1 Å². The maximum atomic E-state index is 12.5. The van der Waals surface area contributed by atoms with Crippen LogP contribution in [0.25, 0.3) is 11.1 Å². The van der Waals surface area contributed by atoms with E-state index in [1.165, 1.54) is 14.0 Å². The lowest BCUT2D eigenvalue weighted by Gasteiger charge is -2.23. The molecule has 7 heteroatoms. The van der Waals surface area contributed by atoms with E-state index in [0.29, 0.717) is 0 Å². The second-order valence-electron chi connectivity index (χ2n) is 7.95. The van der Waals surface area contributed by atoms with Gasteiger partial charge in [-0.15, -0.1) is 0 Å². The zero-order valence-electron chi connectivity index (χ0n) is 18.2. The molecule has 2 aromatic carbocycles. The normalized spacial score (nSPS) is 14.2. The summed E-state index contributed by atoms with van der Waals surface area (Å²) in [4.78, 5) is 36.6. The van der Waals surface area contributed by atoms with Gasteiger partial charge >= 0.3 is 12.1 Å². The van der Waals surface area contributed by atoms with E-state index in [9.17, 15) is 14.4 Å². The van der Waals surface area contributed by atoms with E-state index in [4.69, 9.17) is 4.74 Å². The standard InChI is InChI=1S/C24H28N2O5/c1-14(2)21(22(27)25-15(3)23(28)30-4)26-24(29)31-13-20-18-11-7-5-9-16(18)17-10-6-8-12-19(17)20/h5-12,14-15,20-21H,13H2,1-4H3,(H,25,27)(H,26,29)/t15-,21+/m1/s1. The van der Waals surface area contributed by atoms with Gasteiger partial charge in [-0.2, -0.15) is 0 Å². The van der Waals surface area contributed by atoms with Gasteiger partial charge in [0.05, 0.1) is 7.11 Å². The van der Waals surface area contributed by atoms with Crippen molar-refractivity contribution in [3.63, 3.8) is 0 Å². The molecular weight excluding hydrogens is 396 g/mol. The molecule has 0 saturated carbocycles. The largest absolute Gasteiger partial charge is 0.467 e. The summed E-state index contributed by atoms with van der Waals surface area (Å²) in [5.74, 6) is -1.30. The molecule has 31 heavy (non-hydrogen) atoms. The molecule has 0 aliphatic heterocycles. The highest BCUT2D eigenvalue weighted by Crippen LogP contribution is 2.44. The number of methoxy groups -OCH3 is 1. The van der Waals surface area contributed by atoms with Gasteiger partial charge in [-0.25, -0.2) is 9.59 Å². The quantitative estimate of drug-likeness (QED) is 0.666. The molecule has 2 amide bonds. The predicted octanol–water partition coefficient (Wildman–Crippen LogP) is 3.23. The highest BCUT2D eigenvalue weighted by molar-refractivity contribution is 5.89. The lowest BCUT2D eigenvalue weighted by atomic mass is 9.98. The van der Waals surface area contributed by atoms with Crippen molar-refractivity contribution in [3.05, 3.63) is 59.7 Å². The number of carbonyl (C=O) groups excluding carboxylic acids is 3. The molecule has 1 aliphatic carbocycles. The number of hydrogen-bond donors (Lipinski definition) is 2. The van der Waals surface area contributed by atoms with E-state index in [2.05, 4.69) is 27.5 Å². The lowest BCUT2D eigenvalue weighted by molar-refractivity contribution is -0.144. The summed E-state index contributed by atoms with van der Waals surface area (Å²) in [6.45, 7) is 5.28. The second kappa shape index (κ2) is 9.64. The SMILES string of the molecule is COC(=O)[C@@H](C)NC(=O)[C@@H](NC(=O)OCC1c2ccccc2-c2ccccc21)C(C)C. The summed E-state index contributed by atoms with van der Waals surface area (Å²) in [6.07, 6.45) is -0.679. The van der Waals surface area contributed by atoms with Crippen LogP contribution in [0.1, 0.15) is 37.8 Å². The molecule has 0 spiro atoms. The first-order chi connectivity index (χ1) is 14.8. The van der Waals surface area contributed by atoms with Gasteiger partial charge in [0.2, 0.25) is 5.91 Å². The van der Waals surface area contributed by atoms with Crippen LogP contribution in [0.3, 0.4) is 0 Å². The molecule has 164 valence electrons. The molecule has 0 fully saturated rings. The lowest BCUT2D eigenvalue weighted by Crippen LogP contribution is -2.53. The molecule has 0 unspecified atom stereocenters. The monoisotopic (exact) mass is 424 g/mol. The molecule has 0 heterocycles. The summed E-state index contributed by atoms with van der Waals surface area (Å²) in [5.41, 5.74) is 4.51. The van der Waals surface area contributed by atoms with E-state index >= 15 is 0 Å². The molecule has 2 N–H and O–H groups in total. The molecular formula is C24H28N2O5. The summed E-state index contributed by atoms with van der Waals surface area (Å²) < 4.78 is 10.1. The Balaban J connectivity index is 1.65. The summed E-state index contributed by atoms with van der Waals surface area (Å²) in [7, 11) is 1.25. The fourth-order valence-corrected chi connectivity index (χ4v) is 3.84. The van der Waals surface area contributed by atoms with E-state index in [0.717, 1.165) is 22.3 Å². The van der Waals surface area contributed by atoms with E-state index in [1.54, 1.807) is 13.8 Å². The van der Waals surface area contributed by atoms with Crippen LogP contribution in [0, 0.1) is 5.92 Å². The van der Waals surface area contributed by atoms with Crippen molar-refractivity contribution in [2.75, 3.05) is 13.7 Å². The average molecular weight is 424 g/mol. The van der Waals surface area contributed by atoms with Crippen LogP contribution in [0.15, 0.2) is 48.5 Å². The van der Waals surface area contributed by atoms with Gasteiger partial charge in [0, 0.05) is 5.92 Å². The number of carbonyl (C=O) groups is 3. The van der Waals surface area contributed by atoms with Crippen molar-refractivity contribution >= 4 is 18.0 Å². The van der Waals surface area contributed by atoms with Crippen molar-refractivity contribution in [1.82, 2.24) is 10.6 Å². The van der Waals surface area contributed by atoms with Crippen molar-refractivity contribution in [1.29, 1.82) is 0 Å². The number of rotatable bonds is 7. The number of nitrogens with one attached hydrogen (secondary N) is 2.